The number of hydrogen-bond donors (Lipinski definition) is 1. The van der Waals surface area contributed by atoms with E-state index >= 15 is 0 Å². The molecule has 2 unspecified atom stereocenters. The fourth-order valence-electron chi connectivity index (χ4n) is 2.51. The van der Waals surface area contributed by atoms with Gasteiger partial charge in [-0.1, -0.05) is 34.8 Å². The van der Waals surface area contributed by atoms with Crippen LogP contribution in [0.15, 0.2) is 17.0 Å². The summed E-state index contributed by atoms with van der Waals surface area (Å²) in [7, 11) is -3.75. The Bertz CT molecular complexity index is 598. The van der Waals surface area contributed by atoms with Crippen molar-refractivity contribution in [1.82, 2.24) is 4.31 Å². The third-order valence-electron chi connectivity index (χ3n) is 3.47. The number of benzene rings is 1. The maximum atomic E-state index is 12.7. The number of halogens is 3. The van der Waals surface area contributed by atoms with Gasteiger partial charge in [0.25, 0.3) is 0 Å². The normalized spacial score (nSPS) is 24.2. The minimum Gasteiger partial charge on any atom is -0.330 e. The Hall–Kier alpha value is -0.0400. The van der Waals surface area contributed by atoms with Crippen molar-refractivity contribution in [3.63, 3.8) is 0 Å². The number of sulfonamides is 1. The van der Waals surface area contributed by atoms with Crippen LogP contribution in [0, 0.1) is 5.92 Å². The van der Waals surface area contributed by atoms with E-state index in [2.05, 4.69) is 0 Å². The van der Waals surface area contributed by atoms with Gasteiger partial charge < -0.3 is 5.73 Å². The number of rotatable bonds is 3. The quantitative estimate of drug-likeness (QED) is 0.904. The highest BCUT2D eigenvalue weighted by Gasteiger charge is 2.39. The van der Waals surface area contributed by atoms with Gasteiger partial charge in [0.15, 0.2) is 0 Å². The fourth-order valence-corrected chi connectivity index (χ4v) is 5.72. The summed E-state index contributed by atoms with van der Waals surface area (Å²) < 4.78 is 26.9. The third-order valence-corrected chi connectivity index (χ3v) is 6.59. The van der Waals surface area contributed by atoms with Gasteiger partial charge in [0.2, 0.25) is 10.0 Å². The van der Waals surface area contributed by atoms with Crippen LogP contribution in [0.2, 0.25) is 15.1 Å². The van der Waals surface area contributed by atoms with Gasteiger partial charge in [-0.25, -0.2) is 8.42 Å². The molecule has 8 heteroatoms. The van der Waals surface area contributed by atoms with E-state index in [-0.39, 0.29) is 26.9 Å². The third kappa shape index (κ3) is 2.93. The second kappa shape index (κ2) is 5.99. The molecule has 0 aliphatic carbocycles. The van der Waals surface area contributed by atoms with Gasteiger partial charge in [0.05, 0.1) is 10.0 Å². The monoisotopic (exact) mass is 356 g/mol. The van der Waals surface area contributed by atoms with Gasteiger partial charge in [-0.2, -0.15) is 4.31 Å². The molecule has 0 amide bonds. The summed E-state index contributed by atoms with van der Waals surface area (Å²) in [6, 6.07) is 2.63. The highest BCUT2D eigenvalue weighted by atomic mass is 35.5. The number of nitrogens with two attached hydrogens (primary N) is 1. The van der Waals surface area contributed by atoms with Gasteiger partial charge in [-0.3, -0.25) is 0 Å². The van der Waals surface area contributed by atoms with Crippen molar-refractivity contribution >= 4 is 44.8 Å². The van der Waals surface area contributed by atoms with Gasteiger partial charge in [0, 0.05) is 17.6 Å². The Morgan fingerprint density at radius 2 is 1.85 bits per heavy atom. The molecule has 2 atom stereocenters. The summed E-state index contributed by atoms with van der Waals surface area (Å²) in [5, 5.41) is 0.366. The molecule has 0 bridgehead atoms. The van der Waals surface area contributed by atoms with Crippen molar-refractivity contribution in [3.05, 3.63) is 27.2 Å². The molecule has 112 valence electrons. The summed E-state index contributed by atoms with van der Waals surface area (Å²) in [5.74, 6) is 0.157. The lowest BCUT2D eigenvalue weighted by atomic mass is 10.1. The highest BCUT2D eigenvalue weighted by Crippen LogP contribution is 2.37. The Kier molecular flexibility index (Phi) is 4.89. The average Bonchev–Trinajstić information content (AvgIpc) is 2.69. The summed E-state index contributed by atoms with van der Waals surface area (Å²) in [6.45, 7) is 2.69. The second-order valence-corrected chi connectivity index (χ2v) is 8.04. The molecule has 1 fully saturated rings. The van der Waals surface area contributed by atoms with E-state index in [0.29, 0.717) is 18.1 Å². The van der Waals surface area contributed by atoms with E-state index in [4.69, 9.17) is 40.5 Å². The Labute approximate surface area is 133 Å². The van der Waals surface area contributed by atoms with Crippen LogP contribution in [-0.4, -0.2) is 31.9 Å². The predicted molar refractivity (Wildman–Crippen MR) is 82.0 cm³/mol. The van der Waals surface area contributed by atoms with Crippen LogP contribution in [0.3, 0.4) is 0 Å². The summed E-state index contributed by atoms with van der Waals surface area (Å²) in [5.41, 5.74) is 5.63. The van der Waals surface area contributed by atoms with E-state index in [1.165, 1.54) is 16.4 Å². The van der Waals surface area contributed by atoms with Crippen LogP contribution < -0.4 is 5.73 Å². The zero-order chi connectivity index (χ0) is 15.1. The minimum atomic E-state index is -3.75. The fraction of sp³-hybridized carbons (Fsp3) is 0.500. The molecule has 1 aromatic rings. The van der Waals surface area contributed by atoms with E-state index in [1.54, 1.807) is 0 Å². The SMILES string of the molecule is CC1CC(CN)CN1S(=O)(=O)c1c(Cl)cc(Cl)cc1Cl. The zero-order valence-corrected chi connectivity index (χ0v) is 13.9. The standard InChI is InChI=1S/C12H15Cl3N2O2S/c1-7-2-8(5-16)6-17(7)20(18,19)12-10(14)3-9(13)4-11(12)15/h3-4,7-8H,2,5-6,16H2,1H3. The smallest absolute Gasteiger partial charge is 0.246 e. The molecule has 1 aromatic carbocycles. The van der Waals surface area contributed by atoms with Crippen molar-refractivity contribution in [2.75, 3.05) is 13.1 Å². The first-order valence-corrected chi connectivity index (χ1v) is 8.71. The molecular weight excluding hydrogens is 343 g/mol. The van der Waals surface area contributed by atoms with Crippen LogP contribution in [0.5, 0.6) is 0 Å². The molecule has 0 spiro atoms. The van der Waals surface area contributed by atoms with Crippen LogP contribution in [0.25, 0.3) is 0 Å². The second-order valence-electron chi connectivity index (χ2n) is 4.96. The van der Waals surface area contributed by atoms with Crippen molar-refractivity contribution in [2.45, 2.75) is 24.3 Å². The van der Waals surface area contributed by atoms with E-state index in [9.17, 15) is 8.42 Å². The first-order valence-electron chi connectivity index (χ1n) is 6.13. The Morgan fingerprint density at radius 3 is 2.30 bits per heavy atom. The Morgan fingerprint density at radius 1 is 1.30 bits per heavy atom. The Balaban J connectivity index is 2.46. The molecule has 2 rings (SSSR count). The molecule has 20 heavy (non-hydrogen) atoms. The van der Waals surface area contributed by atoms with Gasteiger partial charge in [-0.15, -0.1) is 0 Å². The highest BCUT2D eigenvalue weighted by molar-refractivity contribution is 7.89. The van der Waals surface area contributed by atoms with Crippen molar-refractivity contribution in [1.29, 1.82) is 0 Å². The lowest BCUT2D eigenvalue weighted by molar-refractivity contribution is 0.404. The largest absolute Gasteiger partial charge is 0.330 e. The molecular formula is C12H15Cl3N2O2S. The molecule has 0 saturated carbocycles. The summed E-state index contributed by atoms with van der Waals surface area (Å²) in [4.78, 5) is -0.0882. The average molecular weight is 358 g/mol. The van der Waals surface area contributed by atoms with Crippen LogP contribution in [0.4, 0.5) is 0 Å². The van der Waals surface area contributed by atoms with Gasteiger partial charge >= 0.3 is 0 Å². The molecule has 0 radical (unpaired) electrons. The van der Waals surface area contributed by atoms with Crippen LogP contribution in [-0.2, 0) is 10.0 Å². The first-order chi connectivity index (χ1) is 9.27. The van der Waals surface area contributed by atoms with Crippen molar-refractivity contribution in [3.8, 4) is 0 Å². The van der Waals surface area contributed by atoms with Crippen molar-refractivity contribution < 1.29 is 8.42 Å². The zero-order valence-electron chi connectivity index (χ0n) is 10.8. The van der Waals surface area contributed by atoms with Gasteiger partial charge in [-0.05, 0) is 37.9 Å². The maximum absolute atomic E-state index is 12.7. The molecule has 0 aromatic heterocycles. The lowest BCUT2D eigenvalue weighted by Crippen LogP contribution is -2.34. The summed E-state index contributed by atoms with van der Waals surface area (Å²) in [6.07, 6.45) is 0.735. The van der Waals surface area contributed by atoms with E-state index < -0.39 is 10.0 Å². The number of hydrogen-bond acceptors (Lipinski definition) is 3. The maximum Gasteiger partial charge on any atom is 0.246 e. The molecule has 1 heterocycles. The lowest BCUT2D eigenvalue weighted by Gasteiger charge is -2.22. The van der Waals surface area contributed by atoms with Crippen LogP contribution in [0.1, 0.15) is 13.3 Å². The molecule has 4 nitrogen and oxygen atoms in total. The van der Waals surface area contributed by atoms with E-state index in [0.717, 1.165) is 6.42 Å². The molecule has 1 aliphatic heterocycles. The van der Waals surface area contributed by atoms with Crippen LogP contribution >= 0.6 is 34.8 Å². The predicted octanol–water partition coefficient (Wildman–Crippen LogP) is 3.00. The van der Waals surface area contributed by atoms with Crippen molar-refractivity contribution in [2.24, 2.45) is 11.7 Å². The molecule has 1 aliphatic rings. The number of nitrogens with zero attached hydrogens (tertiary/aromatic N) is 1. The molecule has 1 saturated heterocycles. The van der Waals surface area contributed by atoms with Gasteiger partial charge in [0.1, 0.15) is 4.90 Å². The topological polar surface area (TPSA) is 63.4 Å². The summed E-state index contributed by atoms with van der Waals surface area (Å²) >= 11 is 17.8. The minimum absolute atomic E-state index is 0.0332. The first kappa shape index (κ1) is 16.3. The molecule has 2 N–H and O–H groups in total. The van der Waals surface area contributed by atoms with E-state index in [1.807, 2.05) is 6.92 Å².